The second-order valence-electron chi connectivity index (χ2n) is 9.12. The number of fused-ring (bicyclic) bond motifs is 1. The largest absolute Gasteiger partial charge is 0.508 e. The van der Waals surface area contributed by atoms with Crippen molar-refractivity contribution >= 4 is 47.2 Å². The van der Waals surface area contributed by atoms with E-state index in [-0.39, 0.29) is 37.9 Å². The molecule has 1 aromatic heterocycles. The third kappa shape index (κ3) is 5.40. The van der Waals surface area contributed by atoms with E-state index in [0.29, 0.717) is 10.6 Å². The highest BCUT2D eigenvalue weighted by Gasteiger charge is 2.65. The lowest BCUT2D eigenvalue weighted by Gasteiger charge is -2.50. The van der Waals surface area contributed by atoms with Crippen LogP contribution in [-0.4, -0.2) is 68.6 Å². The smallest absolute Gasteiger partial charge is 0.477 e. The molecule has 2 aliphatic rings. The number of thiazole rings is 1. The standard InChI is InChI=1S/C23H30N2O8S2/c1-12(2)10-33-22(31)32-7-6-23(4)18-16(13(3)27)20(28)25(18)17(21(29)30)19(23)34-8-5-15-14(9-26)24-11-35-15/h5,8,11-13,16,18,26-27H,6-7,9-10H2,1-4H3,(H,29,30)/t13-,16-,18-,23-/m1/s1. The monoisotopic (exact) mass is 526 g/mol. The van der Waals surface area contributed by atoms with E-state index in [0.717, 1.165) is 16.6 Å². The molecule has 192 valence electrons. The van der Waals surface area contributed by atoms with Gasteiger partial charge < -0.3 is 29.7 Å². The number of β-lactam (4-membered cyclic amide) rings is 1. The van der Waals surface area contributed by atoms with Gasteiger partial charge in [-0.2, -0.15) is 0 Å². The predicted octanol–water partition coefficient (Wildman–Crippen LogP) is 3.06. The fraction of sp³-hybridized carbons (Fsp3) is 0.565. The van der Waals surface area contributed by atoms with Gasteiger partial charge in [0.25, 0.3) is 0 Å². The lowest BCUT2D eigenvalue weighted by Crippen LogP contribution is -2.66. The summed E-state index contributed by atoms with van der Waals surface area (Å²) in [5.74, 6) is -2.32. The maximum Gasteiger partial charge on any atom is 0.508 e. The number of aliphatic hydroxyl groups is 2. The maximum atomic E-state index is 12.8. The molecule has 4 atom stereocenters. The molecule has 1 aromatic rings. The van der Waals surface area contributed by atoms with E-state index in [1.807, 2.05) is 20.8 Å². The normalized spacial score (nSPS) is 24.7. The molecule has 0 radical (unpaired) electrons. The molecular formula is C23H30N2O8S2. The lowest BCUT2D eigenvalue weighted by atomic mass is 9.68. The fourth-order valence-corrected chi connectivity index (χ4v) is 6.31. The van der Waals surface area contributed by atoms with Gasteiger partial charge in [0.2, 0.25) is 5.91 Å². The van der Waals surface area contributed by atoms with Gasteiger partial charge in [0.15, 0.2) is 0 Å². The fourth-order valence-electron chi connectivity index (χ4n) is 4.40. The minimum Gasteiger partial charge on any atom is -0.477 e. The Morgan fingerprint density at radius 2 is 2.06 bits per heavy atom. The number of thioether (sulfide) groups is 1. The number of aliphatic hydroxyl groups excluding tert-OH is 2. The Morgan fingerprint density at radius 1 is 1.34 bits per heavy atom. The predicted molar refractivity (Wildman–Crippen MR) is 130 cm³/mol. The molecule has 1 amide bonds. The second kappa shape index (κ2) is 11.1. The van der Waals surface area contributed by atoms with E-state index >= 15 is 0 Å². The number of carbonyl (C=O) groups is 3. The van der Waals surface area contributed by atoms with Crippen LogP contribution >= 0.6 is 23.1 Å². The van der Waals surface area contributed by atoms with Crippen molar-refractivity contribution in [2.24, 2.45) is 17.3 Å². The minimum atomic E-state index is -1.25. The summed E-state index contributed by atoms with van der Waals surface area (Å²) in [5.41, 5.74) is 1.08. The zero-order chi connectivity index (χ0) is 25.9. The van der Waals surface area contributed by atoms with E-state index in [1.54, 1.807) is 17.0 Å². The summed E-state index contributed by atoms with van der Waals surface area (Å²) in [6.45, 7) is 7.06. The van der Waals surface area contributed by atoms with Crippen LogP contribution in [0.5, 0.6) is 0 Å². The van der Waals surface area contributed by atoms with Gasteiger partial charge in [0, 0.05) is 10.3 Å². The van der Waals surface area contributed by atoms with Gasteiger partial charge in [-0.15, -0.1) is 11.3 Å². The number of aliphatic carboxylic acids is 1. The van der Waals surface area contributed by atoms with Crippen molar-refractivity contribution < 1.29 is 39.2 Å². The van der Waals surface area contributed by atoms with Gasteiger partial charge in [0.1, 0.15) is 5.70 Å². The van der Waals surface area contributed by atoms with Crippen LogP contribution in [0.2, 0.25) is 0 Å². The first-order valence-corrected chi connectivity index (χ1v) is 12.9. The van der Waals surface area contributed by atoms with Gasteiger partial charge >= 0.3 is 12.1 Å². The molecule has 3 rings (SSSR count). The van der Waals surface area contributed by atoms with Gasteiger partial charge in [-0.1, -0.05) is 32.5 Å². The second-order valence-corrected chi connectivity index (χ2v) is 10.9. The minimum absolute atomic E-state index is 0.0529. The molecule has 12 heteroatoms. The molecule has 2 aliphatic heterocycles. The summed E-state index contributed by atoms with van der Waals surface area (Å²) in [6, 6.07) is -0.594. The Hall–Kier alpha value is -2.41. The summed E-state index contributed by atoms with van der Waals surface area (Å²) >= 11 is 2.48. The van der Waals surface area contributed by atoms with Crippen LogP contribution in [0.3, 0.4) is 0 Å². The van der Waals surface area contributed by atoms with Gasteiger partial charge in [-0.25, -0.2) is 14.6 Å². The Balaban J connectivity index is 1.87. The molecule has 10 nitrogen and oxygen atoms in total. The molecule has 3 heterocycles. The van der Waals surface area contributed by atoms with E-state index in [2.05, 4.69) is 4.98 Å². The van der Waals surface area contributed by atoms with Crippen molar-refractivity contribution in [3.8, 4) is 0 Å². The van der Waals surface area contributed by atoms with Crippen LogP contribution in [0.1, 0.15) is 44.7 Å². The van der Waals surface area contributed by atoms with E-state index in [9.17, 15) is 29.7 Å². The number of nitrogens with zero attached hydrogens (tertiary/aromatic N) is 2. The highest BCUT2D eigenvalue weighted by Crippen LogP contribution is 2.59. The Bertz CT molecular complexity index is 1030. The van der Waals surface area contributed by atoms with Crippen LogP contribution < -0.4 is 0 Å². The molecular weight excluding hydrogens is 496 g/mol. The molecule has 0 unspecified atom stereocenters. The average Bonchev–Trinajstić information content (AvgIpc) is 3.31. The SMILES string of the molecule is CC(C)COC(=O)OCC[C@@]1(C)C(SC=Cc2scnc2CO)=C(C(=O)O)N2C(=O)[C@H]([C@@H](C)O)[C@@H]21. The zero-order valence-corrected chi connectivity index (χ0v) is 21.6. The third-order valence-electron chi connectivity index (χ3n) is 6.09. The topological polar surface area (TPSA) is 146 Å². The van der Waals surface area contributed by atoms with Crippen LogP contribution in [-0.2, 0) is 25.7 Å². The van der Waals surface area contributed by atoms with E-state index in [4.69, 9.17) is 9.47 Å². The number of carbonyl (C=O) groups excluding carboxylic acids is 2. The van der Waals surface area contributed by atoms with E-state index < -0.39 is 41.5 Å². The number of carboxylic acids is 1. The first-order chi connectivity index (χ1) is 16.5. The van der Waals surface area contributed by atoms with Crippen LogP contribution in [0.25, 0.3) is 6.08 Å². The van der Waals surface area contributed by atoms with Gasteiger partial charge in [0.05, 0.1) is 54.0 Å². The lowest BCUT2D eigenvalue weighted by molar-refractivity contribution is -0.167. The van der Waals surface area contributed by atoms with Crippen molar-refractivity contribution in [3.05, 3.63) is 32.1 Å². The first kappa shape index (κ1) is 27.2. The molecule has 0 bridgehead atoms. The number of rotatable bonds is 11. The van der Waals surface area contributed by atoms with Crippen molar-refractivity contribution in [2.75, 3.05) is 13.2 Å². The van der Waals surface area contributed by atoms with Crippen LogP contribution in [0.4, 0.5) is 4.79 Å². The zero-order valence-electron chi connectivity index (χ0n) is 20.0. The molecule has 0 spiro atoms. The highest BCUT2D eigenvalue weighted by atomic mass is 32.2. The summed E-state index contributed by atoms with van der Waals surface area (Å²) < 4.78 is 10.3. The number of amides is 1. The van der Waals surface area contributed by atoms with Crippen molar-refractivity contribution in [2.45, 2.75) is 52.9 Å². The number of hydrogen-bond donors (Lipinski definition) is 3. The number of hydrogen-bond acceptors (Lipinski definition) is 10. The van der Waals surface area contributed by atoms with Crippen LogP contribution in [0, 0.1) is 17.3 Å². The third-order valence-corrected chi connectivity index (χ3v) is 8.10. The maximum absolute atomic E-state index is 12.8. The molecule has 35 heavy (non-hydrogen) atoms. The number of aromatic nitrogens is 1. The Kier molecular flexibility index (Phi) is 8.63. The Labute approximate surface area is 211 Å². The van der Waals surface area contributed by atoms with E-state index in [1.165, 1.54) is 23.2 Å². The molecule has 1 saturated heterocycles. The molecule has 0 aliphatic carbocycles. The first-order valence-electron chi connectivity index (χ1n) is 11.2. The number of ether oxygens (including phenoxy) is 2. The van der Waals surface area contributed by atoms with Crippen LogP contribution in [0.15, 0.2) is 21.5 Å². The average molecular weight is 527 g/mol. The summed E-state index contributed by atoms with van der Waals surface area (Å²) in [7, 11) is 0. The highest BCUT2D eigenvalue weighted by molar-refractivity contribution is 8.06. The molecule has 3 N–H and O–H groups in total. The molecule has 1 fully saturated rings. The van der Waals surface area contributed by atoms with Gasteiger partial charge in [-0.3, -0.25) is 4.79 Å². The molecule has 0 saturated carbocycles. The van der Waals surface area contributed by atoms with Crippen molar-refractivity contribution in [1.29, 1.82) is 0 Å². The van der Waals surface area contributed by atoms with Crippen molar-refractivity contribution in [3.63, 3.8) is 0 Å². The Morgan fingerprint density at radius 3 is 2.66 bits per heavy atom. The molecule has 0 aromatic carbocycles. The quantitative estimate of drug-likeness (QED) is 0.290. The number of carboxylic acid groups (broad SMARTS) is 1. The summed E-state index contributed by atoms with van der Waals surface area (Å²) in [6.07, 6.45) is 0.160. The van der Waals surface area contributed by atoms with Gasteiger partial charge in [-0.05, 0) is 30.7 Å². The van der Waals surface area contributed by atoms with Crippen molar-refractivity contribution in [1.82, 2.24) is 9.88 Å². The summed E-state index contributed by atoms with van der Waals surface area (Å²) in [5, 5.41) is 31.3. The summed E-state index contributed by atoms with van der Waals surface area (Å²) in [4.78, 5) is 43.4.